The van der Waals surface area contributed by atoms with Crippen molar-refractivity contribution in [1.82, 2.24) is 4.90 Å². The molecule has 2 aromatic rings. The van der Waals surface area contributed by atoms with Crippen molar-refractivity contribution in [1.29, 1.82) is 0 Å². The Morgan fingerprint density at radius 1 is 1.07 bits per heavy atom. The molecule has 0 saturated carbocycles. The first-order valence-corrected chi connectivity index (χ1v) is 9.62. The Kier molecular flexibility index (Phi) is 5.92. The van der Waals surface area contributed by atoms with Gasteiger partial charge in [-0.15, -0.1) is 6.58 Å². The highest BCUT2D eigenvalue weighted by molar-refractivity contribution is 6.41. The maximum Gasteiger partial charge on any atom is 0.278 e. The van der Waals surface area contributed by atoms with Crippen LogP contribution in [0.3, 0.4) is 0 Å². The van der Waals surface area contributed by atoms with E-state index in [1.807, 2.05) is 24.3 Å². The number of imide groups is 1. The molecular weight excluding hydrogens is 395 g/mol. The Bertz CT molecular complexity index is 979. The van der Waals surface area contributed by atoms with Crippen LogP contribution < -0.4 is 5.32 Å². The molecule has 0 atom stereocenters. The second kappa shape index (κ2) is 8.21. The van der Waals surface area contributed by atoms with Gasteiger partial charge < -0.3 is 5.32 Å². The van der Waals surface area contributed by atoms with Gasteiger partial charge in [0.05, 0.1) is 10.6 Å². The molecular formula is C22H20Cl2N2O2. The second-order valence-corrected chi connectivity index (χ2v) is 7.63. The average Bonchev–Trinajstić information content (AvgIpc) is 2.87. The predicted octanol–water partition coefficient (Wildman–Crippen LogP) is 5.49. The molecule has 2 amide bonds. The number of anilines is 1. The van der Waals surface area contributed by atoms with Crippen LogP contribution in [0.25, 0.3) is 5.57 Å². The summed E-state index contributed by atoms with van der Waals surface area (Å²) < 4.78 is 0. The van der Waals surface area contributed by atoms with Gasteiger partial charge in [-0.25, -0.2) is 0 Å². The molecule has 2 aromatic carbocycles. The number of nitrogens with zero attached hydrogens (tertiary/aromatic N) is 1. The fourth-order valence-electron chi connectivity index (χ4n) is 3.02. The topological polar surface area (TPSA) is 49.4 Å². The summed E-state index contributed by atoms with van der Waals surface area (Å²) in [5.74, 6) is -0.441. The van der Waals surface area contributed by atoms with Crippen LogP contribution in [-0.2, 0) is 9.59 Å². The van der Waals surface area contributed by atoms with Gasteiger partial charge in [-0.05, 0) is 35.7 Å². The second-order valence-electron chi connectivity index (χ2n) is 6.79. The molecule has 0 bridgehead atoms. The normalized spacial score (nSPS) is 14.2. The summed E-state index contributed by atoms with van der Waals surface area (Å²) in [4.78, 5) is 27.0. The summed E-state index contributed by atoms with van der Waals surface area (Å²) in [7, 11) is 0. The first-order chi connectivity index (χ1) is 13.3. The van der Waals surface area contributed by atoms with Gasteiger partial charge in [0, 0.05) is 22.8 Å². The number of carbonyl (C=O) groups excluding carboxylic acids is 2. The maximum absolute atomic E-state index is 13.0. The summed E-state index contributed by atoms with van der Waals surface area (Å²) in [5, 5.41) is 3.86. The Morgan fingerprint density at radius 3 is 2.32 bits per heavy atom. The highest BCUT2D eigenvalue weighted by atomic mass is 35.5. The van der Waals surface area contributed by atoms with Crippen molar-refractivity contribution in [2.24, 2.45) is 0 Å². The number of rotatable bonds is 6. The largest absolute Gasteiger partial charge is 0.350 e. The lowest BCUT2D eigenvalue weighted by Crippen LogP contribution is -2.32. The van der Waals surface area contributed by atoms with Gasteiger partial charge in [-0.3, -0.25) is 14.5 Å². The standard InChI is InChI=1S/C22H20Cl2N2O2/c1-4-11-26-21(27)19(17-10-7-15(23)12-18(17)24)20(22(26)28)25-16-8-5-14(6-9-16)13(2)3/h4-10,12-13,25H,1,11H2,2-3H3. The molecule has 1 heterocycles. The molecule has 0 radical (unpaired) electrons. The van der Waals surface area contributed by atoms with Crippen molar-refractivity contribution in [3.63, 3.8) is 0 Å². The SMILES string of the molecule is C=CCN1C(=O)C(Nc2ccc(C(C)C)cc2)=C(c2ccc(Cl)cc2Cl)C1=O. The van der Waals surface area contributed by atoms with E-state index >= 15 is 0 Å². The van der Waals surface area contributed by atoms with Gasteiger partial charge in [-0.2, -0.15) is 0 Å². The average molecular weight is 415 g/mol. The van der Waals surface area contributed by atoms with Gasteiger partial charge in [0.25, 0.3) is 11.8 Å². The van der Waals surface area contributed by atoms with E-state index in [9.17, 15) is 9.59 Å². The molecule has 28 heavy (non-hydrogen) atoms. The van der Waals surface area contributed by atoms with E-state index in [0.717, 1.165) is 4.90 Å². The van der Waals surface area contributed by atoms with Gasteiger partial charge in [0.15, 0.2) is 0 Å². The van der Waals surface area contributed by atoms with E-state index in [0.29, 0.717) is 27.2 Å². The predicted molar refractivity (Wildman–Crippen MR) is 114 cm³/mol. The number of carbonyl (C=O) groups is 2. The van der Waals surface area contributed by atoms with Crippen molar-refractivity contribution >= 4 is 46.3 Å². The van der Waals surface area contributed by atoms with Crippen molar-refractivity contribution in [2.75, 3.05) is 11.9 Å². The van der Waals surface area contributed by atoms with Gasteiger partial charge >= 0.3 is 0 Å². The quantitative estimate of drug-likeness (QED) is 0.501. The summed E-state index contributed by atoms with van der Waals surface area (Å²) in [6.07, 6.45) is 1.51. The Labute approximate surface area is 174 Å². The molecule has 0 saturated heterocycles. The number of halogens is 2. The molecule has 0 unspecified atom stereocenters. The lowest BCUT2D eigenvalue weighted by Gasteiger charge is -2.13. The van der Waals surface area contributed by atoms with E-state index in [1.165, 1.54) is 11.6 Å². The van der Waals surface area contributed by atoms with Crippen molar-refractivity contribution < 1.29 is 9.59 Å². The molecule has 4 nitrogen and oxygen atoms in total. The third kappa shape index (κ3) is 3.84. The van der Waals surface area contributed by atoms with Crippen LogP contribution in [0.15, 0.2) is 60.8 Å². The van der Waals surface area contributed by atoms with Gasteiger partial charge in [-0.1, -0.05) is 61.3 Å². The number of nitrogens with one attached hydrogen (secondary N) is 1. The Hall–Kier alpha value is -2.56. The lowest BCUT2D eigenvalue weighted by atomic mass is 10.0. The van der Waals surface area contributed by atoms with Crippen molar-refractivity contribution in [3.8, 4) is 0 Å². The third-order valence-electron chi connectivity index (χ3n) is 4.53. The summed E-state index contributed by atoms with van der Waals surface area (Å²) in [6.45, 7) is 7.96. The zero-order valence-electron chi connectivity index (χ0n) is 15.6. The highest BCUT2D eigenvalue weighted by Gasteiger charge is 2.39. The zero-order valence-corrected chi connectivity index (χ0v) is 17.1. The van der Waals surface area contributed by atoms with E-state index in [4.69, 9.17) is 23.2 Å². The molecule has 144 valence electrons. The lowest BCUT2D eigenvalue weighted by molar-refractivity contribution is -0.136. The number of hydrogen-bond acceptors (Lipinski definition) is 3. The maximum atomic E-state index is 13.0. The minimum atomic E-state index is -0.421. The van der Waals surface area contributed by atoms with Crippen LogP contribution in [-0.4, -0.2) is 23.3 Å². The molecule has 0 aromatic heterocycles. The van der Waals surface area contributed by atoms with Crippen molar-refractivity contribution in [2.45, 2.75) is 19.8 Å². The first-order valence-electron chi connectivity index (χ1n) is 8.87. The van der Waals surface area contributed by atoms with E-state index in [2.05, 4.69) is 25.7 Å². The van der Waals surface area contributed by atoms with Crippen LogP contribution in [0.2, 0.25) is 10.0 Å². The molecule has 1 aliphatic heterocycles. The zero-order chi connectivity index (χ0) is 20.4. The van der Waals surface area contributed by atoms with E-state index in [-0.39, 0.29) is 17.8 Å². The van der Waals surface area contributed by atoms with Crippen LogP contribution in [0.1, 0.15) is 30.9 Å². The number of hydrogen-bond donors (Lipinski definition) is 1. The smallest absolute Gasteiger partial charge is 0.278 e. The highest BCUT2D eigenvalue weighted by Crippen LogP contribution is 2.35. The van der Waals surface area contributed by atoms with Crippen LogP contribution >= 0.6 is 23.2 Å². The van der Waals surface area contributed by atoms with Gasteiger partial charge in [0.2, 0.25) is 0 Å². The van der Waals surface area contributed by atoms with Crippen LogP contribution in [0.5, 0.6) is 0 Å². The number of benzene rings is 2. The molecule has 1 N–H and O–H groups in total. The molecule has 6 heteroatoms. The summed E-state index contributed by atoms with van der Waals surface area (Å²) in [5.41, 5.74) is 2.76. The monoisotopic (exact) mass is 414 g/mol. The number of amides is 2. The fraction of sp³-hybridized carbons (Fsp3) is 0.182. The first kappa shape index (κ1) is 20.2. The fourth-order valence-corrected chi connectivity index (χ4v) is 3.53. The molecule has 0 aliphatic carbocycles. The molecule has 0 fully saturated rings. The van der Waals surface area contributed by atoms with Crippen LogP contribution in [0.4, 0.5) is 5.69 Å². The van der Waals surface area contributed by atoms with Crippen LogP contribution in [0, 0.1) is 0 Å². The van der Waals surface area contributed by atoms with E-state index in [1.54, 1.807) is 18.2 Å². The Morgan fingerprint density at radius 2 is 1.75 bits per heavy atom. The molecule has 3 rings (SSSR count). The molecule has 0 spiro atoms. The molecule has 1 aliphatic rings. The van der Waals surface area contributed by atoms with Gasteiger partial charge in [0.1, 0.15) is 5.70 Å². The minimum Gasteiger partial charge on any atom is -0.350 e. The van der Waals surface area contributed by atoms with Crippen molar-refractivity contribution in [3.05, 3.63) is 82.0 Å². The Balaban J connectivity index is 2.07. The summed E-state index contributed by atoms with van der Waals surface area (Å²) in [6, 6.07) is 12.6. The minimum absolute atomic E-state index is 0.115. The van der Waals surface area contributed by atoms with E-state index < -0.39 is 11.8 Å². The summed E-state index contributed by atoms with van der Waals surface area (Å²) >= 11 is 12.3. The third-order valence-corrected chi connectivity index (χ3v) is 5.07.